The smallest absolute Gasteiger partial charge is 0.253 e. The number of aromatic hydroxyl groups is 1. The molecule has 0 saturated carbocycles. The lowest BCUT2D eigenvalue weighted by Gasteiger charge is -2.12. The van der Waals surface area contributed by atoms with Crippen LogP contribution in [0.4, 0.5) is 5.69 Å². The molecule has 4 N–H and O–H groups in total. The number of nitrogen functional groups attached to an aromatic ring is 1. The Morgan fingerprint density at radius 2 is 2.39 bits per heavy atom. The number of hydrogen-bond acceptors (Lipinski definition) is 4. The van der Waals surface area contributed by atoms with Gasteiger partial charge in [0.25, 0.3) is 5.91 Å². The summed E-state index contributed by atoms with van der Waals surface area (Å²) in [6.07, 6.45) is 1.10. The fourth-order valence-electron chi connectivity index (χ4n) is 2.27. The maximum Gasteiger partial charge on any atom is 0.253 e. The molecule has 18 heavy (non-hydrogen) atoms. The largest absolute Gasteiger partial charge is 0.508 e. The van der Waals surface area contributed by atoms with Crippen LogP contribution in [0.15, 0.2) is 18.2 Å². The van der Waals surface area contributed by atoms with Crippen molar-refractivity contribution in [2.45, 2.75) is 6.42 Å². The Labute approximate surface area is 107 Å². The highest BCUT2D eigenvalue weighted by atomic mass is 16.3. The van der Waals surface area contributed by atoms with Crippen LogP contribution < -0.4 is 11.1 Å². The summed E-state index contributed by atoms with van der Waals surface area (Å²) in [7, 11) is 2.08. The van der Waals surface area contributed by atoms with Crippen LogP contribution in [0.3, 0.4) is 0 Å². The van der Waals surface area contributed by atoms with Crippen LogP contribution in [0.25, 0.3) is 0 Å². The average molecular weight is 249 g/mol. The fraction of sp³-hybridized carbons (Fsp3) is 0.462. The maximum atomic E-state index is 11.9. The molecule has 1 aliphatic rings. The molecule has 1 fully saturated rings. The van der Waals surface area contributed by atoms with Crippen LogP contribution in [0.5, 0.6) is 5.75 Å². The minimum Gasteiger partial charge on any atom is -0.508 e. The molecular weight excluding hydrogens is 230 g/mol. The molecule has 1 amide bonds. The van der Waals surface area contributed by atoms with Crippen LogP contribution in [-0.2, 0) is 0 Å². The van der Waals surface area contributed by atoms with Crippen molar-refractivity contribution in [1.29, 1.82) is 0 Å². The molecule has 1 aromatic rings. The standard InChI is InChI=1S/C13H19N3O2/c1-16-5-4-9(8-16)7-15-13(18)11-6-10(17)2-3-12(11)14/h2-3,6,9,17H,4-5,7-8,14H2,1H3,(H,15,18). The van der Waals surface area contributed by atoms with E-state index < -0.39 is 0 Å². The van der Waals surface area contributed by atoms with Gasteiger partial charge in [-0.2, -0.15) is 0 Å². The molecule has 1 aliphatic heterocycles. The summed E-state index contributed by atoms with van der Waals surface area (Å²) >= 11 is 0. The van der Waals surface area contributed by atoms with E-state index in [1.54, 1.807) is 0 Å². The number of phenolic OH excluding ortho intramolecular Hbond substituents is 1. The van der Waals surface area contributed by atoms with E-state index >= 15 is 0 Å². The van der Waals surface area contributed by atoms with Crippen molar-refractivity contribution in [2.24, 2.45) is 5.92 Å². The number of hydrogen-bond donors (Lipinski definition) is 3. The van der Waals surface area contributed by atoms with Crippen LogP contribution in [0.1, 0.15) is 16.8 Å². The monoisotopic (exact) mass is 249 g/mol. The Kier molecular flexibility index (Phi) is 3.72. The molecule has 0 bridgehead atoms. The van der Waals surface area contributed by atoms with Crippen molar-refractivity contribution in [3.8, 4) is 5.75 Å². The first-order valence-corrected chi connectivity index (χ1v) is 6.11. The number of phenols is 1. The molecule has 1 saturated heterocycles. The Balaban J connectivity index is 1.93. The molecule has 2 rings (SSSR count). The molecule has 0 radical (unpaired) electrons. The number of nitrogens with one attached hydrogen (secondary N) is 1. The van der Waals surface area contributed by atoms with Gasteiger partial charge in [0.1, 0.15) is 5.75 Å². The molecule has 1 atom stereocenters. The van der Waals surface area contributed by atoms with Crippen molar-refractivity contribution in [3.63, 3.8) is 0 Å². The zero-order valence-electron chi connectivity index (χ0n) is 10.5. The van der Waals surface area contributed by atoms with Crippen LogP contribution in [-0.4, -0.2) is 42.6 Å². The van der Waals surface area contributed by atoms with Gasteiger partial charge in [0.2, 0.25) is 0 Å². The lowest BCUT2D eigenvalue weighted by molar-refractivity contribution is 0.0948. The van der Waals surface area contributed by atoms with E-state index in [0.29, 0.717) is 23.7 Å². The molecular formula is C13H19N3O2. The fourth-order valence-corrected chi connectivity index (χ4v) is 2.27. The van der Waals surface area contributed by atoms with Crippen molar-refractivity contribution in [2.75, 3.05) is 32.4 Å². The number of nitrogens with two attached hydrogens (primary N) is 1. The van der Waals surface area contributed by atoms with Crippen molar-refractivity contribution < 1.29 is 9.90 Å². The van der Waals surface area contributed by atoms with E-state index in [0.717, 1.165) is 19.5 Å². The molecule has 98 valence electrons. The van der Waals surface area contributed by atoms with Gasteiger partial charge in [-0.3, -0.25) is 4.79 Å². The number of likely N-dealkylation sites (tertiary alicyclic amines) is 1. The molecule has 5 nitrogen and oxygen atoms in total. The molecule has 0 aliphatic carbocycles. The van der Waals surface area contributed by atoms with E-state index in [2.05, 4.69) is 17.3 Å². The lowest BCUT2D eigenvalue weighted by Crippen LogP contribution is -2.30. The number of carbonyl (C=O) groups is 1. The number of carbonyl (C=O) groups excluding carboxylic acids is 1. The first-order chi connectivity index (χ1) is 8.56. The number of anilines is 1. The molecule has 1 heterocycles. The van der Waals surface area contributed by atoms with Gasteiger partial charge in [-0.05, 0) is 44.1 Å². The highest BCUT2D eigenvalue weighted by Gasteiger charge is 2.20. The third-order valence-corrected chi connectivity index (χ3v) is 3.32. The highest BCUT2D eigenvalue weighted by molar-refractivity contribution is 5.99. The zero-order chi connectivity index (χ0) is 13.1. The highest BCUT2D eigenvalue weighted by Crippen LogP contribution is 2.19. The van der Waals surface area contributed by atoms with Crippen molar-refractivity contribution in [1.82, 2.24) is 10.2 Å². The van der Waals surface area contributed by atoms with Gasteiger partial charge < -0.3 is 21.1 Å². The number of rotatable bonds is 3. The van der Waals surface area contributed by atoms with Gasteiger partial charge in [-0.1, -0.05) is 0 Å². The second-order valence-corrected chi connectivity index (χ2v) is 4.90. The Morgan fingerprint density at radius 3 is 3.06 bits per heavy atom. The predicted octanol–water partition coefficient (Wildman–Crippen LogP) is 0.656. The summed E-state index contributed by atoms with van der Waals surface area (Å²) in [6.45, 7) is 2.74. The first kappa shape index (κ1) is 12.7. The van der Waals surface area contributed by atoms with E-state index in [4.69, 9.17) is 5.73 Å². The van der Waals surface area contributed by atoms with Crippen LogP contribution >= 0.6 is 0 Å². The third-order valence-electron chi connectivity index (χ3n) is 3.32. The van der Waals surface area contributed by atoms with E-state index in [9.17, 15) is 9.90 Å². The predicted molar refractivity (Wildman–Crippen MR) is 70.5 cm³/mol. The summed E-state index contributed by atoms with van der Waals surface area (Å²) in [6, 6.07) is 4.40. The summed E-state index contributed by atoms with van der Waals surface area (Å²) in [5.74, 6) is 0.324. The molecule has 0 spiro atoms. The SMILES string of the molecule is CN1CCC(CNC(=O)c2cc(O)ccc2N)C1. The van der Waals surface area contributed by atoms with E-state index in [1.807, 2.05) is 0 Å². The van der Waals surface area contributed by atoms with Crippen molar-refractivity contribution in [3.05, 3.63) is 23.8 Å². The number of benzene rings is 1. The first-order valence-electron chi connectivity index (χ1n) is 6.11. The van der Waals surface area contributed by atoms with Gasteiger partial charge >= 0.3 is 0 Å². The van der Waals surface area contributed by atoms with Crippen LogP contribution in [0, 0.1) is 5.92 Å². The number of amides is 1. The zero-order valence-corrected chi connectivity index (χ0v) is 10.5. The molecule has 1 unspecified atom stereocenters. The minimum absolute atomic E-state index is 0.0509. The third kappa shape index (κ3) is 2.92. The molecule has 5 heteroatoms. The Morgan fingerprint density at radius 1 is 1.61 bits per heavy atom. The van der Waals surface area contributed by atoms with Gasteiger partial charge in [-0.15, -0.1) is 0 Å². The van der Waals surface area contributed by atoms with Gasteiger partial charge in [0.05, 0.1) is 5.56 Å². The Bertz CT molecular complexity index is 448. The molecule has 1 aromatic carbocycles. The maximum absolute atomic E-state index is 11.9. The quantitative estimate of drug-likeness (QED) is 0.543. The second kappa shape index (κ2) is 5.27. The summed E-state index contributed by atoms with van der Waals surface area (Å²) < 4.78 is 0. The van der Waals surface area contributed by atoms with Gasteiger partial charge in [0, 0.05) is 18.8 Å². The Hall–Kier alpha value is -1.75. The van der Waals surface area contributed by atoms with Gasteiger partial charge in [0.15, 0.2) is 0 Å². The van der Waals surface area contributed by atoms with E-state index in [1.165, 1.54) is 18.2 Å². The topological polar surface area (TPSA) is 78.6 Å². The lowest BCUT2D eigenvalue weighted by atomic mass is 10.1. The number of nitrogens with zero attached hydrogens (tertiary/aromatic N) is 1. The summed E-state index contributed by atoms with van der Waals surface area (Å²) in [4.78, 5) is 14.2. The average Bonchev–Trinajstić information content (AvgIpc) is 2.75. The second-order valence-electron chi connectivity index (χ2n) is 4.90. The molecule has 0 aromatic heterocycles. The normalized spacial score (nSPS) is 19.9. The van der Waals surface area contributed by atoms with E-state index in [-0.39, 0.29) is 11.7 Å². The summed E-state index contributed by atoms with van der Waals surface area (Å²) in [5.41, 5.74) is 6.43. The minimum atomic E-state index is -0.224. The summed E-state index contributed by atoms with van der Waals surface area (Å²) in [5, 5.41) is 12.2. The van der Waals surface area contributed by atoms with Gasteiger partial charge in [-0.25, -0.2) is 0 Å². The van der Waals surface area contributed by atoms with Crippen molar-refractivity contribution >= 4 is 11.6 Å². The van der Waals surface area contributed by atoms with Crippen LogP contribution in [0.2, 0.25) is 0 Å².